The lowest BCUT2D eigenvalue weighted by atomic mass is 10.2. The fourth-order valence-corrected chi connectivity index (χ4v) is 2.52. The van der Waals surface area contributed by atoms with Crippen LogP contribution in [-0.2, 0) is 0 Å². The highest BCUT2D eigenvalue weighted by Crippen LogP contribution is 2.14. The first kappa shape index (κ1) is 15.1. The standard InChI is InChI=1S/C17H16FN3O2/c18-13-3-5-14(6-4-13)20-16(22)15-11-12(7-8-19-15)17(23)21-9-1-2-10-21/h3-8,11H,1-2,9-10H2,(H,20,22). The van der Waals surface area contributed by atoms with Crippen molar-refractivity contribution in [2.24, 2.45) is 0 Å². The third-order valence-electron chi connectivity index (χ3n) is 3.73. The average Bonchev–Trinajstić information content (AvgIpc) is 3.11. The number of likely N-dealkylation sites (tertiary alicyclic amines) is 1. The van der Waals surface area contributed by atoms with Crippen molar-refractivity contribution in [1.29, 1.82) is 0 Å². The van der Waals surface area contributed by atoms with Gasteiger partial charge in [0.2, 0.25) is 0 Å². The van der Waals surface area contributed by atoms with Crippen LogP contribution < -0.4 is 5.32 Å². The molecule has 0 radical (unpaired) electrons. The van der Waals surface area contributed by atoms with E-state index < -0.39 is 5.91 Å². The molecule has 0 unspecified atom stereocenters. The van der Waals surface area contributed by atoms with Gasteiger partial charge in [-0.05, 0) is 49.2 Å². The van der Waals surface area contributed by atoms with Gasteiger partial charge < -0.3 is 10.2 Å². The summed E-state index contributed by atoms with van der Waals surface area (Å²) < 4.78 is 12.9. The third kappa shape index (κ3) is 3.53. The van der Waals surface area contributed by atoms with Gasteiger partial charge in [-0.25, -0.2) is 4.39 Å². The first-order valence-corrected chi connectivity index (χ1v) is 7.46. The van der Waals surface area contributed by atoms with Crippen molar-refractivity contribution in [1.82, 2.24) is 9.88 Å². The highest BCUT2D eigenvalue weighted by Gasteiger charge is 2.20. The number of benzene rings is 1. The van der Waals surface area contributed by atoms with Gasteiger partial charge in [-0.15, -0.1) is 0 Å². The molecule has 0 spiro atoms. The molecule has 1 aromatic heterocycles. The lowest BCUT2D eigenvalue weighted by Crippen LogP contribution is -2.28. The number of pyridine rings is 1. The second-order valence-corrected chi connectivity index (χ2v) is 5.39. The van der Waals surface area contributed by atoms with E-state index in [0.29, 0.717) is 11.3 Å². The summed E-state index contributed by atoms with van der Waals surface area (Å²) in [6, 6.07) is 8.54. The van der Waals surface area contributed by atoms with E-state index >= 15 is 0 Å². The van der Waals surface area contributed by atoms with Crippen LogP contribution in [-0.4, -0.2) is 34.8 Å². The molecule has 0 saturated carbocycles. The largest absolute Gasteiger partial charge is 0.339 e. The normalized spacial score (nSPS) is 13.9. The van der Waals surface area contributed by atoms with E-state index in [2.05, 4.69) is 10.3 Å². The number of hydrogen-bond donors (Lipinski definition) is 1. The smallest absolute Gasteiger partial charge is 0.274 e. The van der Waals surface area contributed by atoms with Crippen LogP contribution in [0.3, 0.4) is 0 Å². The van der Waals surface area contributed by atoms with Gasteiger partial charge in [-0.1, -0.05) is 0 Å². The van der Waals surface area contributed by atoms with Gasteiger partial charge in [0.25, 0.3) is 11.8 Å². The van der Waals surface area contributed by atoms with E-state index in [0.717, 1.165) is 25.9 Å². The van der Waals surface area contributed by atoms with Gasteiger partial charge in [-0.3, -0.25) is 14.6 Å². The third-order valence-corrected chi connectivity index (χ3v) is 3.73. The summed E-state index contributed by atoms with van der Waals surface area (Å²) in [5, 5.41) is 2.63. The lowest BCUT2D eigenvalue weighted by Gasteiger charge is -2.15. The molecule has 1 saturated heterocycles. The van der Waals surface area contributed by atoms with Crippen LogP contribution in [0.15, 0.2) is 42.6 Å². The number of aromatic nitrogens is 1. The van der Waals surface area contributed by atoms with Crippen molar-refractivity contribution in [3.05, 3.63) is 59.7 Å². The first-order valence-electron chi connectivity index (χ1n) is 7.46. The number of carbonyl (C=O) groups is 2. The molecule has 3 rings (SSSR count). The topological polar surface area (TPSA) is 62.3 Å². The number of amides is 2. The molecular formula is C17H16FN3O2. The highest BCUT2D eigenvalue weighted by atomic mass is 19.1. The van der Waals surface area contributed by atoms with Crippen LogP contribution in [0, 0.1) is 5.82 Å². The van der Waals surface area contributed by atoms with Gasteiger partial charge in [0.15, 0.2) is 0 Å². The number of rotatable bonds is 3. The van der Waals surface area contributed by atoms with Crippen LogP contribution >= 0.6 is 0 Å². The zero-order valence-electron chi connectivity index (χ0n) is 12.5. The maximum Gasteiger partial charge on any atom is 0.274 e. The molecule has 23 heavy (non-hydrogen) atoms. The molecule has 6 heteroatoms. The Labute approximate surface area is 133 Å². The average molecular weight is 313 g/mol. The molecule has 1 N–H and O–H groups in total. The summed E-state index contributed by atoms with van der Waals surface area (Å²) in [7, 11) is 0. The Morgan fingerprint density at radius 3 is 2.48 bits per heavy atom. The van der Waals surface area contributed by atoms with E-state index in [1.807, 2.05) is 0 Å². The van der Waals surface area contributed by atoms with Crippen molar-refractivity contribution >= 4 is 17.5 Å². The van der Waals surface area contributed by atoms with E-state index in [4.69, 9.17) is 0 Å². The molecule has 1 fully saturated rings. The quantitative estimate of drug-likeness (QED) is 0.947. The van der Waals surface area contributed by atoms with Gasteiger partial charge in [0, 0.05) is 30.5 Å². The Morgan fingerprint density at radius 2 is 1.78 bits per heavy atom. The molecule has 0 bridgehead atoms. The zero-order chi connectivity index (χ0) is 16.2. The van der Waals surface area contributed by atoms with Crippen molar-refractivity contribution in [2.45, 2.75) is 12.8 Å². The second-order valence-electron chi connectivity index (χ2n) is 5.39. The maximum absolute atomic E-state index is 12.9. The van der Waals surface area contributed by atoms with Gasteiger partial charge >= 0.3 is 0 Å². The molecule has 2 aromatic rings. The Hall–Kier alpha value is -2.76. The number of carbonyl (C=O) groups excluding carboxylic acids is 2. The summed E-state index contributed by atoms with van der Waals surface area (Å²) >= 11 is 0. The fourth-order valence-electron chi connectivity index (χ4n) is 2.52. The molecule has 2 amide bonds. The zero-order valence-corrected chi connectivity index (χ0v) is 12.5. The maximum atomic E-state index is 12.9. The van der Waals surface area contributed by atoms with Crippen LogP contribution in [0.2, 0.25) is 0 Å². The SMILES string of the molecule is O=C(Nc1ccc(F)cc1)c1cc(C(=O)N2CCCC2)ccn1. The molecule has 0 atom stereocenters. The van der Waals surface area contributed by atoms with Crippen molar-refractivity contribution in [2.75, 3.05) is 18.4 Å². The molecule has 2 heterocycles. The van der Waals surface area contributed by atoms with Crippen LogP contribution in [0.25, 0.3) is 0 Å². The number of halogens is 1. The Bertz CT molecular complexity index is 725. The van der Waals surface area contributed by atoms with Crippen molar-refractivity contribution in [3.8, 4) is 0 Å². The minimum atomic E-state index is -0.437. The monoisotopic (exact) mass is 313 g/mol. The van der Waals surface area contributed by atoms with Gasteiger partial charge in [-0.2, -0.15) is 0 Å². The number of anilines is 1. The summed E-state index contributed by atoms with van der Waals surface area (Å²) in [5.74, 6) is -0.896. The number of hydrogen-bond acceptors (Lipinski definition) is 3. The van der Waals surface area contributed by atoms with Crippen LogP contribution in [0.5, 0.6) is 0 Å². The van der Waals surface area contributed by atoms with Gasteiger partial charge in [0.1, 0.15) is 11.5 Å². The summed E-state index contributed by atoms with van der Waals surface area (Å²) in [4.78, 5) is 30.3. The lowest BCUT2D eigenvalue weighted by molar-refractivity contribution is 0.0792. The number of nitrogens with one attached hydrogen (secondary N) is 1. The van der Waals surface area contributed by atoms with E-state index in [9.17, 15) is 14.0 Å². The Balaban J connectivity index is 1.74. The van der Waals surface area contributed by atoms with E-state index in [1.54, 1.807) is 11.0 Å². The molecule has 1 aliphatic heterocycles. The second kappa shape index (κ2) is 6.56. The molecule has 0 aliphatic carbocycles. The van der Waals surface area contributed by atoms with Crippen molar-refractivity contribution in [3.63, 3.8) is 0 Å². The van der Waals surface area contributed by atoms with Crippen LogP contribution in [0.1, 0.15) is 33.7 Å². The van der Waals surface area contributed by atoms with Gasteiger partial charge in [0.05, 0.1) is 0 Å². The molecule has 1 aliphatic rings. The van der Waals surface area contributed by atoms with Crippen LogP contribution in [0.4, 0.5) is 10.1 Å². The molecule has 5 nitrogen and oxygen atoms in total. The molecule has 118 valence electrons. The predicted octanol–water partition coefficient (Wildman–Crippen LogP) is 2.71. The fraction of sp³-hybridized carbons (Fsp3) is 0.235. The number of nitrogens with zero attached hydrogens (tertiary/aromatic N) is 2. The Kier molecular flexibility index (Phi) is 4.32. The summed E-state index contributed by atoms with van der Waals surface area (Å²) in [6.07, 6.45) is 3.46. The summed E-state index contributed by atoms with van der Waals surface area (Å²) in [6.45, 7) is 1.50. The Morgan fingerprint density at radius 1 is 1.09 bits per heavy atom. The summed E-state index contributed by atoms with van der Waals surface area (Å²) in [5.41, 5.74) is 1.07. The van der Waals surface area contributed by atoms with E-state index in [1.165, 1.54) is 36.5 Å². The first-order chi connectivity index (χ1) is 11.1. The minimum Gasteiger partial charge on any atom is -0.339 e. The van der Waals surface area contributed by atoms with Crippen molar-refractivity contribution < 1.29 is 14.0 Å². The molecule has 1 aromatic carbocycles. The highest BCUT2D eigenvalue weighted by molar-refractivity contribution is 6.04. The van der Waals surface area contributed by atoms with E-state index in [-0.39, 0.29) is 17.4 Å². The molecular weight excluding hydrogens is 297 g/mol. The minimum absolute atomic E-state index is 0.0827. The predicted molar refractivity (Wildman–Crippen MR) is 83.7 cm³/mol.